The Morgan fingerprint density at radius 3 is 3.08 bits per heavy atom. The van der Waals surface area contributed by atoms with Crippen molar-refractivity contribution in [2.75, 3.05) is 6.54 Å². The summed E-state index contributed by atoms with van der Waals surface area (Å²) in [5, 5.41) is 11.8. The van der Waals surface area contributed by atoms with E-state index in [1.54, 1.807) is 16.1 Å². The summed E-state index contributed by atoms with van der Waals surface area (Å²) < 4.78 is 1.61. The second kappa shape index (κ2) is 4.06. The Balaban J connectivity index is 2.58. The Morgan fingerprint density at radius 2 is 2.58 bits per heavy atom. The molecule has 0 aliphatic carbocycles. The van der Waals surface area contributed by atoms with Crippen LogP contribution < -0.4 is 10.1 Å². The molecule has 0 aromatic carbocycles. The van der Waals surface area contributed by atoms with Crippen LogP contribution in [0.5, 0.6) is 0 Å². The van der Waals surface area contributed by atoms with E-state index in [4.69, 9.17) is 5.41 Å². The van der Waals surface area contributed by atoms with E-state index < -0.39 is 0 Å². The van der Waals surface area contributed by atoms with Crippen LogP contribution in [0, 0.1) is 5.41 Å². The Hall–Kier alpha value is -1.10. The van der Waals surface area contributed by atoms with Gasteiger partial charge in [-0.05, 0) is 6.92 Å². The van der Waals surface area contributed by atoms with E-state index in [1.165, 1.54) is 11.3 Å². The Morgan fingerprint density at radius 1 is 1.83 bits per heavy atom. The van der Waals surface area contributed by atoms with Gasteiger partial charge in [0.25, 0.3) is 0 Å². The number of nitrogens with zero attached hydrogens (tertiary/aromatic N) is 1. The largest absolute Gasteiger partial charge is 0.355 e. The first kappa shape index (κ1) is 8.99. The molecule has 0 aliphatic heterocycles. The van der Waals surface area contributed by atoms with Crippen molar-refractivity contribution < 1.29 is 4.79 Å². The molecule has 0 bridgehead atoms. The lowest BCUT2D eigenvalue weighted by atomic mass is 10.5. The highest BCUT2D eigenvalue weighted by atomic mass is 32.1. The number of thiazole rings is 1. The molecule has 66 valence electrons. The van der Waals surface area contributed by atoms with Crippen LogP contribution in [-0.4, -0.2) is 17.0 Å². The van der Waals surface area contributed by atoms with Gasteiger partial charge in [-0.15, -0.1) is 11.3 Å². The van der Waals surface area contributed by atoms with Crippen molar-refractivity contribution in [3.05, 3.63) is 16.4 Å². The lowest BCUT2D eigenvalue weighted by molar-refractivity contribution is -0.121. The molecule has 1 rings (SSSR count). The van der Waals surface area contributed by atoms with Crippen molar-refractivity contribution in [1.82, 2.24) is 9.88 Å². The highest BCUT2D eigenvalue weighted by molar-refractivity contribution is 7.06. The van der Waals surface area contributed by atoms with Gasteiger partial charge in [-0.2, -0.15) is 0 Å². The van der Waals surface area contributed by atoms with Gasteiger partial charge in [-0.3, -0.25) is 10.2 Å². The van der Waals surface area contributed by atoms with Crippen LogP contribution >= 0.6 is 11.3 Å². The predicted octanol–water partition coefficient (Wildman–Crippen LogP) is 0.165. The molecule has 0 aliphatic rings. The fourth-order valence-corrected chi connectivity index (χ4v) is 1.43. The molecule has 2 N–H and O–H groups in total. The normalized spacial score (nSPS) is 9.75. The zero-order valence-electron chi connectivity index (χ0n) is 6.83. The summed E-state index contributed by atoms with van der Waals surface area (Å²) in [5.74, 6) is -0.0469. The van der Waals surface area contributed by atoms with E-state index in [2.05, 4.69) is 5.32 Å². The molecule has 12 heavy (non-hydrogen) atoms. The molecular weight excluding hydrogens is 174 g/mol. The van der Waals surface area contributed by atoms with E-state index in [9.17, 15) is 4.79 Å². The van der Waals surface area contributed by atoms with Gasteiger partial charge >= 0.3 is 0 Å². The Kier molecular flexibility index (Phi) is 3.04. The molecule has 0 radical (unpaired) electrons. The summed E-state index contributed by atoms with van der Waals surface area (Å²) in [6.07, 6.45) is 1.74. The molecule has 0 fully saturated rings. The fraction of sp³-hybridized carbons (Fsp3) is 0.429. The first-order valence-electron chi connectivity index (χ1n) is 3.69. The number of hydrogen-bond donors (Lipinski definition) is 2. The predicted molar refractivity (Wildman–Crippen MR) is 46.8 cm³/mol. The van der Waals surface area contributed by atoms with Crippen LogP contribution in [0.2, 0.25) is 0 Å². The van der Waals surface area contributed by atoms with Gasteiger partial charge in [0.15, 0.2) is 4.80 Å². The lowest BCUT2D eigenvalue weighted by Gasteiger charge is -2.01. The van der Waals surface area contributed by atoms with Crippen molar-refractivity contribution in [2.24, 2.45) is 0 Å². The third-order valence-corrected chi connectivity index (χ3v) is 2.08. The second-order valence-electron chi connectivity index (χ2n) is 2.29. The average molecular weight is 185 g/mol. The van der Waals surface area contributed by atoms with Gasteiger partial charge in [0.2, 0.25) is 5.91 Å². The van der Waals surface area contributed by atoms with E-state index >= 15 is 0 Å². The Bertz CT molecular complexity index is 314. The molecule has 1 heterocycles. The van der Waals surface area contributed by atoms with Gasteiger partial charge in [0, 0.05) is 18.1 Å². The number of aromatic nitrogens is 1. The molecule has 0 saturated carbocycles. The van der Waals surface area contributed by atoms with Gasteiger partial charge < -0.3 is 9.88 Å². The SMILES string of the molecule is CCNC(=O)Cn1ccsc1=N. The zero-order valence-corrected chi connectivity index (χ0v) is 7.65. The molecule has 0 spiro atoms. The van der Waals surface area contributed by atoms with E-state index in [0.29, 0.717) is 11.3 Å². The van der Waals surface area contributed by atoms with Crippen molar-refractivity contribution in [3.63, 3.8) is 0 Å². The van der Waals surface area contributed by atoms with Gasteiger partial charge in [0.1, 0.15) is 6.54 Å². The summed E-state index contributed by atoms with van der Waals surface area (Å²) in [6, 6.07) is 0. The zero-order chi connectivity index (χ0) is 8.97. The Labute approximate surface area is 74.4 Å². The van der Waals surface area contributed by atoms with Crippen LogP contribution in [0.4, 0.5) is 0 Å². The number of amides is 1. The van der Waals surface area contributed by atoms with Crippen molar-refractivity contribution in [2.45, 2.75) is 13.5 Å². The lowest BCUT2D eigenvalue weighted by Crippen LogP contribution is -2.29. The van der Waals surface area contributed by atoms with Crippen molar-refractivity contribution in [1.29, 1.82) is 5.41 Å². The maximum atomic E-state index is 11.1. The summed E-state index contributed by atoms with van der Waals surface area (Å²) in [7, 11) is 0. The number of carbonyl (C=O) groups excluding carboxylic acids is 1. The maximum absolute atomic E-state index is 11.1. The van der Waals surface area contributed by atoms with Gasteiger partial charge in [0.05, 0.1) is 0 Å². The minimum absolute atomic E-state index is 0.0469. The number of carbonyl (C=O) groups is 1. The van der Waals surface area contributed by atoms with Crippen LogP contribution in [0.3, 0.4) is 0 Å². The average Bonchev–Trinajstić information content (AvgIpc) is 2.37. The third-order valence-electron chi connectivity index (χ3n) is 1.37. The van der Waals surface area contributed by atoms with Crippen molar-refractivity contribution in [3.8, 4) is 0 Å². The minimum Gasteiger partial charge on any atom is -0.355 e. The number of rotatable bonds is 3. The summed E-state index contributed by atoms with van der Waals surface area (Å²) in [4.78, 5) is 11.5. The molecule has 0 unspecified atom stereocenters. The molecule has 5 heteroatoms. The molecule has 1 amide bonds. The van der Waals surface area contributed by atoms with Crippen LogP contribution in [0.25, 0.3) is 0 Å². The molecule has 1 aromatic rings. The van der Waals surface area contributed by atoms with E-state index in [-0.39, 0.29) is 12.5 Å². The monoisotopic (exact) mass is 185 g/mol. The second-order valence-corrected chi connectivity index (χ2v) is 3.18. The molecule has 0 saturated heterocycles. The van der Waals surface area contributed by atoms with Crippen molar-refractivity contribution >= 4 is 17.2 Å². The van der Waals surface area contributed by atoms with Crippen LogP contribution in [0.15, 0.2) is 11.6 Å². The number of nitrogens with one attached hydrogen (secondary N) is 2. The third kappa shape index (κ3) is 2.20. The topological polar surface area (TPSA) is 57.9 Å². The van der Waals surface area contributed by atoms with Gasteiger partial charge in [-0.1, -0.05) is 0 Å². The minimum atomic E-state index is -0.0469. The molecular formula is C7H11N3OS. The highest BCUT2D eigenvalue weighted by Crippen LogP contribution is 1.88. The smallest absolute Gasteiger partial charge is 0.240 e. The first-order valence-corrected chi connectivity index (χ1v) is 4.57. The maximum Gasteiger partial charge on any atom is 0.240 e. The summed E-state index contributed by atoms with van der Waals surface area (Å²) in [6.45, 7) is 2.75. The van der Waals surface area contributed by atoms with Crippen LogP contribution in [-0.2, 0) is 11.3 Å². The molecule has 0 atom stereocenters. The summed E-state index contributed by atoms with van der Waals surface area (Å²) >= 11 is 1.31. The molecule has 1 aromatic heterocycles. The quantitative estimate of drug-likeness (QED) is 0.692. The first-order chi connectivity index (χ1) is 5.74. The summed E-state index contributed by atoms with van der Waals surface area (Å²) in [5.41, 5.74) is 0. The van der Waals surface area contributed by atoms with E-state index in [0.717, 1.165) is 0 Å². The fourth-order valence-electron chi connectivity index (χ4n) is 0.836. The highest BCUT2D eigenvalue weighted by Gasteiger charge is 2.00. The number of likely N-dealkylation sites (N-methyl/N-ethyl adjacent to an activating group) is 1. The van der Waals surface area contributed by atoms with Gasteiger partial charge in [-0.25, -0.2) is 0 Å². The standard InChI is InChI=1S/C7H11N3OS/c1-2-9-6(11)5-10-3-4-12-7(10)8/h3-4,8H,2,5H2,1H3,(H,9,11). The number of hydrogen-bond acceptors (Lipinski definition) is 3. The molecule has 4 nitrogen and oxygen atoms in total. The van der Waals surface area contributed by atoms with Crippen LogP contribution in [0.1, 0.15) is 6.92 Å². The van der Waals surface area contributed by atoms with E-state index in [1.807, 2.05) is 6.92 Å².